The molecule has 25 heavy (non-hydrogen) atoms. The van der Waals surface area contributed by atoms with Crippen LogP contribution in [0.2, 0.25) is 0 Å². The number of allylic oxidation sites excluding steroid dienone is 5. The largest absolute Gasteiger partial charge is 0.124 e. The maximum Gasteiger partial charge on any atom is -0.00512 e. The second-order valence-electron chi connectivity index (χ2n) is 7.43. The number of hydrogen-bond donors (Lipinski definition) is 0. The lowest BCUT2D eigenvalue weighted by Gasteiger charge is -2.23. The number of unbranched alkanes of at least 4 members (excludes halogenated alkanes) is 3. The van der Waals surface area contributed by atoms with E-state index in [1.807, 2.05) is 0 Å². The zero-order valence-electron chi connectivity index (χ0n) is 18.0. The normalized spacial score (nSPS) is 17.8. The Morgan fingerprint density at radius 3 is 2.04 bits per heavy atom. The van der Waals surface area contributed by atoms with Gasteiger partial charge in [-0.1, -0.05) is 97.1 Å². The maximum atomic E-state index is 4.00. The molecule has 0 nitrogen and oxygen atoms in total. The lowest BCUT2D eigenvalue weighted by Crippen LogP contribution is -2.10. The van der Waals surface area contributed by atoms with E-state index in [0.29, 0.717) is 17.3 Å². The number of hydrogen-bond acceptors (Lipinski definition) is 0. The van der Waals surface area contributed by atoms with E-state index in [1.165, 1.54) is 51.4 Å². The smallest absolute Gasteiger partial charge is 0.00512 e. The third kappa shape index (κ3) is 11.9. The third-order valence-electron chi connectivity index (χ3n) is 5.46. The molecule has 2 unspecified atom stereocenters. The molecule has 2 atom stereocenters. The van der Waals surface area contributed by atoms with Crippen molar-refractivity contribution in [1.29, 1.82) is 0 Å². The molecule has 0 heteroatoms. The highest BCUT2D eigenvalue weighted by atomic mass is 14.2. The van der Waals surface area contributed by atoms with Crippen LogP contribution in [0.25, 0.3) is 0 Å². The van der Waals surface area contributed by atoms with E-state index in [9.17, 15) is 0 Å². The first-order valence-corrected chi connectivity index (χ1v) is 10.3. The Morgan fingerprint density at radius 1 is 1.16 bits per heavy atom. The molecule has 1 aliphatic carbocycles. The molecule has 144 valence electrons. The minimum atomic E-state index is 0.380. The van der Waals surface area contributed by atoms with Gasteiger partial charge in [-0.3, -0.25) is 0 Å². The Kier molecular flexibility index (Phi) is 16.9. The lowest BCUT2D eigenvalue weighted by molar-refractivity contribution is 0.393. The Morgan fingerprint density at radius 2 is 1.68 bits per heavy atom. The molecule has 0 aromatic carbocycles. The summed E-state index contributed by atoms with van der Waals surface area (Å²) in [4.78, 5) is 0. The fourth-order valence-electron chi connectivity index (χ4n) is 2.81. The standard InChI is InChI=1S/C17H28.C6H14.C2H2/c1-6-15-9-10-16(13-15)14(4)11-12-17(5,7-2)8-3;1-3-5-6-4-2;1-2/h6,10-12,14-15H,1,7-9,13H2,2-5H3;3-6H2,1-2H3;1-2H. The summed E-state index contributed by atoms with van der Waals surface area (Å²) in [5.74, 6) is 1.28. The van der Waals surface area contributed by atoms with Crippen molar-refractivity contribution in [2.45, 2.75) is 92.9 Å². The lowest BCUT2D eigenvalue weighted by atomic mass is 9.83. The van der Waals surface area contributed by atoms with E-state index in [4.69, 9.17) is 0 Å². The van der Waals surface area contributed by atoms with E-state index < -0.39 is 0 Å². The van der Waals surface area contributed by atoms with Gasteiger partial charge in [-0.25, -0.2) is 0 Å². The van der Waals surface area contributed by atoms with Crippen molar-refractivity contribution in [2.24, 2.45) is 17.3 Å². The second-order valence-corrected chi connectivity index (χ2v) is 7.43. The summed E-state index contributed by atoms with van der Waals surface area (Å²) >= 11 is 0. The quantitative estimate of drug-likeness (QED) is 0.224. The van der Waals surface area contributed by atoms with Gasteiger partial charge in [0.15, 0.2) is 0 Å². The predicted molar refractivity (Wildman–Crippen MR) is 118 cm³/mol. The van der Waals surface area contributed by atoms with Crippen LogP contribution in [0, 0.1) is 30.1 Å². The highest BCUT2D eigenvalue weighted by Crippen LogP contribution is 2.33. The summed E-state index contributed by atoms with van der Waals surface area (Å²) in [6.07, 6.45) is 27.7. The molecular formula is C25H44. The van der Waals surface area contributed by atoms with Crippen molar-refractivity contribution in [2.75, 3.05) is 0 Å². The SMILES string of the molecule is C#C.C=CC1CC=C(C(C)C=CC(C)(CC)CC)C1.CCCCCC. The molecule has 1 aliphatic rings. The van der Waals surface area contributed by atoms with Gasteiger partial charge in [-0.05, 0) is 42.9 Å². The minimum absolute atomic E-state index is 0.380. The van der Waals surface area contributed by atoms with E-state index >= 15 is 0 Å². The predicted octanol–water partition coefficient (Wildman–Crippen LogP) is 8.36. The van der Waals surface area contributed by atoms with Crippen molar-refractivity contribution >= 4 is 0 Å². The summed E-state index contributed by atoms with van der Waals surface area (Å²) in [5.41, 5.74) is 1.98. The average molecular weight is 345 g/mol. The van der Waals surface area contributed by atoms with E-state index in [1.54, 1.807) is 5.57 Å². The van der Waals surface area contributed by atoms with Crippen LogP contribution in [0.15, 0.2) is 36.5 Å². The van der Waals surface area contributed by atoms with Crippen molar-refractivity contribution in [3.8, 4) is 12.8 Å². The second kappa shape index (κ2) is 16.3. The molecule has 0 heterocycles. The van der Waals surface area contributed by atoms with Crippen LogP contribution in [0.4, 0.5) is 0 Å². The molecule has 0 saturated heterocycles. The molecule has 0 aromatic rings. The van der Waals surface area contributed by atoms with Crippen molar-refractivity contribution in [3.63, 3.8) is 0 Å². The van der Waals surface area contributed by atoms with Gasteiger partial charge in [0.05, 0.1) is 0 Å². The molecule has 0 spiro atoms. The van der Waals surface area contributed by atoms with Gasteiger partial charge < -0.3 is 0 Å². The Hall–Kier alpha value is -1.22. The molecule has 0 N–H and O–H groups in total. The van der Waals surface area contributed by atoms with Crippen LogP contribution >= 0.6 is 0 Å². The van der Waals surface area contributed by atoms with Gasteiger partial charge in [0.25, 0.3) is 0 Å². The molecule has 1 rings (SSSR count). The summed E-state index contributed by atoms with van der Waals surface area (Å²) < 4.78 is 0. The van der Waals surface area contributed by atoms with Crippen LogP contribution in [0.3, 0.4) is 0 Å². The van der Waals surface area contributed by atoms with E-state index in [0.717, 1.165) is 0 Å². The number of terminal acetylenes is 1. The summed E-state index contributed by atoms with van der Waals surface area (Å²) in [6, 6.07) is 0. The summed E-state index contributed by atoms with van der Waals surface area (Å²) in [5, 5.41) is 0. The molecule has 0 aromatic heterocycles. The van der Waals surface area contributed by atoms with E-state index in [2.05, 4.69) is 85.3 Å². The monoisotopic (exact) mass is 344 g/mol. The molecule has 0 radical (unpaired) electrons. The highest BCUT2D eigenvalue weighted by molar-refractivity contribution is 5.20. The van der Waals surface area contributed by atoms with Crippen molar-refractivity contribution < 1.29 is 0 Å². The Balaban J connectivity index is 0. The van der Waals surface area contributed by atoms with Crippen LogP contribution in [-0.2, 0) is 0 Å². The maximum absolute atomic E-state index is 4.00. The third-order valence-corrected chi connectivity index (χ3v) is 5.46. The first-order chi connectivity index (χ1) is 12.0. The topological polar surface area (TPSA) is 0 Å². The highest BCUT2D eigenvalue weighted by Gasteiger charge is 2.19. The van der Waals surface area contributed by atoms with Gasteiger partial charge in [0.2, 0.25) is 0 Å². The van der Waals surface area contributed by atoms with Crippen molar-refractivity contribution in [1.82, 2.24) is 0 Å². The van der Waals surface area contributed by atoms with Gasteiger partial charge in [-0.2, -0.15) is 0 Å². The zero-order chi connectivity index (χ0) is 19.7. The minimum Gasteiger partial charge on any atom is -0.124 e. The van der Waals surface area contributed by atoms with Crippen LogP contribution in [0.1, 0.15) is 92.9 Å². The molecular weight excluding hydrogens is 300 g/mol. The van der Waals surface area contributed by atoms with Gasteiger partial charge in [-0.15, -0.1) is 19.4 Å². The van der Waals surface area contributed by atoms with E-state index in [-0.39, 0.29) is 0 Å². The average Bonchev–Trinajstić information content (AvgIpc) is 3.15. The first kappa shape index (κ1) is 26.0. The summed E-state index contributed by atoms with van der Waals surface area (Å²) in [6.45, 7) is 17.6. The molecule has 0 aliphatic heterocycles. The fraction of sp³-hybridized carbons (Fsp3) is 0.680. The van der Waals surface area contributed by atoms with Gasteiger partial charge >= 0.3 is 0 Å². The number of rotatable bonds is 9. The molecule has 0 amide bonds. The molecule has 0 bridgehead atoms. The zero-order valence-corrected chi connectivity index (χ0v) is 18.0. The van der Waals surface area contributed by atoms with Crippen LogP contribution in [0.5, 0.6) is 0 Å². The van der Waals surface area contributed by atoms with Gasteiger partial charge in [0, 0.05) is 0 Å². The van der Waals surface area contributed by atoms with Crippen LogP contribution < -0.4 is 0 Å². The Labute approximate surface area is 159 Å². The Bertz CT molecular complexity index is 386. The van der Waals surface area contributed by atoms with Crippen LogP contribution in [-0.4, -0.2) is 0 Å². The fourth-order valence-corrected chi connectivity index (χ4v) is 2.81. The summed E-state index contributed by atoms with van der Waals surface area (Å²) in [7, 11) is 0. The molecule has 0 fully saturated rings. The first-order valence-electron chi connectivity index (χ1n) is 10.3. The molecule has 0 saturated carbocycles. The van der Waals surface area contributed by atoms with Crippen molar-refractivity contribution in [3.05, 3.63) is 36.5 Å². The van der Waals surface area contributed by atoms with Gasteiger partial charge in [0.1, 0.15) is 0 Å².